The van der Waals surface area contributed by atoms with Crippen LogP contribution in [0.25, 0.3) is 0 Å². The van der Waals surface area contributed by atoms with Gasteiger partial charge in [-0.1, -0.05) is 6.92 Å². The minimum absolute atomic E-state index is 0.0429. The monoisotopic (exact) mass is 233 g/mol. The Morgan fingerprint density at radius 2 is 2.24 bits per heavy atom. The van der Waals surface area contributed by atoms with Crippen molar-refractivity contribution in [1.29, 1.82) is 0 Å². The molecule has 1 rings (SSSR count). The number of hydrogen-bond acceptors (Lipinski definition) is 2. The summed E-state index contributed by atoms with van der Waals surface area (Å²) < 4.78 is 1.99. The number of hydrogen-bond donors (Lipinski definition) is 1. The third-order valence-corrected chi connectivity index (χ3v) is 2.78. The number of aromatic nitrogens is 2. The second kappa shape index (κ2) is 5.88. The molecule has 1 heterocycles. The van der Waals surface area contributed by atoms with Gasteiger partial charge in [0.05, 0.1) is 11.7 Å². The maximum Gasteiger partial charge on any atom is 0.0543 e. The van der Waals surface area contributed by atoms with E-state index in [0.29, 0.717) is 6.04 Å². The molecule has 0 radical (unpaired) electrons. The van der Waals surface area contributed by atoms with E-state index in [1.807, 2.05) is 10.9 Å². The van der Waals surface area contributed by atoms with E-state index in [9.17, 15) is 0 Å². The lowest BCUT2D eigenvalue weighted by molar-refractivity contribution is 0.355. The van der Waals surface area contributed by atoms with Gasteiger partial charge in [-0.2, -0.15) is 5.10 Å². The van der Waals surface area contributed by atoms with E-state index in [4.69, 9.17) is 6.42 Å². The SMILES string of the molecule is C#CCC(CC)NCc1cnn(C(C)(C)C)c1. The summed E-state index contributed by atoms with van der Waals surface area (Å²) >= 11 is 0. The molecule has 0 aliphatic rings. The first-order valence-electron chi connectivity index (χ1n) is 6.18. The molecule has 0 aromatic carbocycles. The summed E-state index contributed by atoms with van der Waals surface area (Å²) in [6, 6.07) is 0.401. The highest BCUT2D eigenvalue weighted by molar-refractivity contribution is 5.05. The highest BCUT2D eigenvalue weighted by Crippen LogP contribution is 2.13. The Hall–Kier alpha value is -1.27. The van der Waals surface area contributed by atoms with E-state index in [1.54, 1.807) is 0 Å². The van der Waals surface area contributed by atoms with Crippen molar-refractivity contribution in [2.24, 2.45) is 0 Å². The van der Waals surface area contributed by atoms with Crippen LogP contribution in [0.3, 0.4) is 0 Å². The maximum atomic E-state index is 5.33. The van der Waals surface area contributed by atoms with Gasteiger partial charge in [-0.25, -0.2) is 0 Å². The van der Waals surface area contributed by atoms with Gasteiger partial charge >= 0.3 is 0 Å². The lowest BCUT2D eigenvalue weighted by Gasteiger charge is -2.18. The van der Waals surface area contributed by atoms with Crippen LogP contribution in [0.5, 0.6) is 0 Å². The number of terminal acetylenes is 1. The topological polar surface area (TPSA) is 29.9 Å². The van der Waals surface area contributed by atoms with Gasteiger partial charge in [0.25, 0.3) is 0 Å². The summed E-state index contributed by atoms with van der Waals surface area (Å²) in [5.41, 5.74) is 1.25. The molecule has 0 saturated carbocycles. The minimum atomic E-state index is 0.0429. The Labute approximate surface area is 105 Å². The van der Waals surface area contributed by atoms with Crippen molar-refractivity contribution in [3.05, 3.63) is 18.0 Å². The van der Waals surface area contributed by atoms with Crippen molar-refractivity contribution in [3.63, 3.8) is 0 Å². The second-order valence-electron chi connectivity index (χ2n) is 5.36. The Bertz CT molecular complexity index is 379. The largest absolute Gasteiger partial charge is 0.309 e. The van der Waals surface area contributed by atoms with Crippen LogP contribution in [-0.2, 0) is 12.1 Å². The van der Waals surface area contributed by atoms with Crippen LogP contribution in [0.1, 0.15) is 46.1 Å². The molecule has 0 saturated heterocycles. The van der Waals surface area contributed by atoms with Crippen LogP contribution >= 0.6 is 0 Å². The van der Waals surface area contributed by atoms with Gasteiger partial charge in [0.1, 0.15) is 0 Å². The summed E-state index contributed by atoms with van der Waals surface area (Å²) in [4.78, 5) is 0. The normalized spacial score (nSPS) is 13.4. The van der Waals surface area contributed by atoms with Crippen molar-refractivity contribution in [1.82, 2.24) is 15.1 Å². The molecule has 1 aromatic heterocycles. The third-order valence-electron chi connectivity index (χ3n) is 2.78. The van der Waals surface area contributed by atoms with Gasteiger partial charge in [-0.05, 0) is 27.2 Å². The first kappa shape index (κ1) is 13.8. The quantitative estimate of drug-likeness (QED) is 0.792. The molecule has 1 aromatic rings. The second-order valence-corrected chi connectivity index (χ2v) is 5.36. The third kappa shape index (κ3) is 4.24. The van der Waals surface area contributed by atoms with Crippen molar-refractivity contribution in [2.75, 3.05) is 0 Å². The molecule has 1 N–H and O–H groups in total. The van der Waals surface area contributed by atoms with Gasteiger partial charge < -0.3 is 5.32 Å². The predicted molar refractivity (Wildman–Crippen MR) is 71.6 cm³/mol. The zero-order chi connectivity index (χ0) is 12.9. The Balaban J connectivity index is 2.53. The highest BCUT2D eigenvalue weighted by Gasteiger charge is 2.14. The van der Waals surface area contributed by atoms with Crippen LogP contribution < -0.4 is 5.32 Å². The van der Waals surface area contributed by atoms with Gasteiger partial charge in [-0.15, -0.1) is 12.3 Å². The highest BCUT2D eigenvalue weighted by atomic mass is 15.3. The van der Waals surface area contributed by atoms with E-state index >= 15 is 0 Å². The average Bonchev–Trinajstić information content (AvgIpc) is 2.72. The molecule has 3 nitrogen and oxygen atoms in total. The van der Waals surface area contributed by atoms with Crippen molar-refractivity contribution in [2.45, 2.75) is 58.7 Å². The van der Waals surface area contributed by atoms with Gasteiger partial charge in [0.15, 0.2) is 0 Å². The molecule has 17 heavy (non-hydrogen) atoms. The first-order valence-corrected chi connectivity index (χ1v) is 6.18. The molecule has 0 spiro atoms. The van der Waals surface area contributed by atoms with Crippen LogP contribution in [0.4, 0.5) is 0 Å². The van der Waals surface area contributed by atoms with Crippen molar-refractivity contribution in [3.8, 4) is 12.3 Å². The average molecular weight is 233 g/mol. The fourth-order valence-corrected chi connectivity index (χ4v) is 1.58. The predicted octanol–water partition coefficient (Wildman–Crippen LogP) is 2.53. The van der Waals surface area contributed by atoms with Crippen molar-refractivity contribution >= 4 is 0 Å². The number of rotatable bonds is 5. The summed E-state index contributed by atoms with van der Waals surface area (Å²) in [5.74, 6) is 2.70. The van der Waals surface area contributed by atoms with Gasteiger partial charge in [0.2, 0.25) is 0 Å². The van der Waals surface area contributed by atoms with Gasteiger partial charge in [0, 0.05) is 30.8 Å². The van der Waals surface area contributed by atoms with Crippen LogP contribution in [-0.4, -0.2) is 15.8 Å². The molecule has 0 fully saturated rings. The van der Waals surface area contributed by atoms with E-state index in [2.05, 4.69) is 50.2 Å². The molecule has 0 aliphatic carbocycles. The van der Waals surface area contributed by atoms with E-state index in [-0.39, 0.29) is 5.54 Å². The fraction of sp³-hybridized carbons (Fsp3) is 0.643. The summed E-state index contributed by atoms with van der Waals surface area (Å²) in [7, 11) is 0. The van der Waals surface area contributed by atoms with Crippen LogP contribution in [0.2, 0.25) is 0 Å². The maximum absolute atomic E-state index is 5.33. The zero-order valence-corrected chi connectivity index (χ0v) is 11.3. The number of nitrogens with zero attached hydrogens (tertiary/aromatic N) is 2. The smallest absolute Gasteiger partial charge is 0.0543 e. The fourth-order valence-electron chi connectivity index (χ4n) is 1.58. The first-order chi connectivity index (χ1) is 7.97. The lowest BCUT2D eigenvalue weighted by atomic mass is 10.1. The molecular weight excluding hydrogens is 210 g/mol. The molecule has 0 bridgehead atoms. The molecule has 0 aliphatic heterocycles. The Kier molecular flexibility index (Phi) is 4.77. The van der Waals surface area contributed by atoms with E-state index in [1.165, 1.54) is 5.56 Å². The summed E-state index contributed by atoms with van der Waals surface area (Å²) in [5, 5.41) is 7.83. The molecule has 3 heteroatoms. The Morgan fingerprint density at radius 3 is 2.71 bits per heavy atom. The van der Waals surface area contributed by atoms with E-state index in [0.717, 1.165) is 19.4 Å². The summed E-state index contributed by atoms with van der Waals surface area (Å²) in [6.45, 7) is 9.41. The Morgan fingerprint density at radius 1 is 1.53 bits per heavy atom. The van der Waals surface area contributed by atoms with Gasteiger partial charge in [-0.3, -0.25) is 4.68 Å². The standard InChI is InChI=1S/C14H23N3/c1-6-8-13(7-2)15-9-12-10-16-17(11-12)14(3,4)5/h1,10-11,13,15H,7-9H2,2-5H3. The minimum Gasteiger partial charge on any atom is -0.309 e. The van der Waals surface area contributed by atoms with E-state index < -0.39 is 0 Å². The van der Waals surface area contributed by atoms with Crippen LogP contribution in [0.15, 0.2) is 12.4 Å². The molecule has 0 amide bonds. The number of nitrogens with one attached hydrogen (secondary N) is 1. The molecular formula is C14H23N3. The molecule has 1 atom stereocenters. The molecule has 94 valence electrons. The lowest BCUT2D eigenvalue weighted by Crippen LogP contribution is -2.27. The zero-order valence-electron chi connectivity index (χ0n) is 11.3. The molecule has 1 unspecified atom stereocenters. The summed E-state index contributed by atoms with van der Waals surface area (Å²) in [6.07, 6.45) is 11.2. The van der Waals surface area contributed by atoms with Crippen LogP contribution in [0, 0.1) is 12.3 Å². The van der Waals surface area contributed by atoms with Crippen molar-refractivity contribution < 1.29 is 0 Å².